The van der Waals surface area contributed by atoms with Gasteiger partial charge in [0.1, 0.15) is 0 Å². The van der Waals surface area contributed by atoms with E-state index in [-0.39, 0.29) is 0 Å². The van der Waals surface area contributed by atoms with Gasteiger partial charge in [0.2, 0.25) is 0 Å². The molecule has 1 heterocycles. The van der Waals surface area contributed by atoms with Crippen LogP contribution >= 0.6 is 0 Å². The molecular weight excluding hydrogens is 353 g/mol. The highest BCUT2D eigenvalue weighted by Crippen LogP contribution is 2.30. The van der Waals surface area contributed by atoms with Crippen molar-refractivity contribution in [3.05, 3.63) is 35.4 Å². The number of benzene rings is 1. The molecule has 2 fully saturated rings. The molecule has 0 spiro atoms. The molecule has 7 heteroatoms. The molecule has 146 valence electrons. The molecular formula is C20H25F3N4. The number of nitrogens with one attached hydrogen (secondary N) is 2. The summed E-state index contributed by atoms with van der Waals surface area (Å²) in [7, 11) is 1.70. The van der Waals surface area contributed by atoms with Crippen molar-refractivity contribution >= 4 is 5.96 Å². The van der Waals surface area contributed by atoms with Gasteiger partial charge < -0.3 is 15.5 Å². The average molecular weight is 378 g/mol. The van der Waals surface area contributed by atoms with Crippen molar-refractivity contribution < 1.29 is 13.2 Å². The fourth-order valence-corrected chi connectivity index (χ4v) is 3.28. The molecule has 0 unspecified atom stereocenters. The van der Waals surface area contributed by atoms with Crippen molar-refractivity contribution in [3.8, 4) is 11.8 Å². The predicted octanol–water partition coefficient (Wildman–Crippen LogP) is 2.85. The summed E-state index contributed by atoms with van der Waals surface area (Å²) in [6, 6.07) is 6.26. The normalized spacial score (nSPS) is 19.3. The van der Waals surface area contributed by atoms with Crippen molar-refractivity contribution in [2.45, 2.75) is 43.9 Å². The quantitative estimate of drug-likeness (QED) is 0.483. The van der Waals surface area contributed by atoms with Crippen molar-refractivity contribution in [3.63, 3.8) is 0 Å². The number of aliphatic imine (C=N–C) groups is 1. The third-order valence-corrected chi connectivity index (χ3v) is 4.92. The predicted molar refractivity (Wildman–Crippen MR) is 100 cm³/mol. The van der Waals surface area contributed by atoms with Gasteiger partial charge in [-0.2, -0.15) is 13.2 Å². The first kappa shape index (κ1) is 19.6. The molecule has 0 amide bonds. The van der Waals surface area contributed by atoms with E-state index >= 15 is 0 Å². The summed E-state index contributed by atoms with van der Waals surface area (Å²) < 4.78 is 38.1. The standard InChI is InChI=1S/C20H25F3N4/c1-24-19(26-17-9-12-27(13-10-17)18-7-8-18)25-11-3-5-15-4-2-6-16(14-15)20(21,22)23/h2,4,6,14,17-18H,7-13H2,1H3,(H2,24,25,26). The second-order valence-electron chi connectivity index (χ2n) is 6.99. The van der Waals surface area contributed by atoms with E-state index in [9.17, 15) is 13.2 Å². The second-order valence-corrected chi connectivity index (χ2v) is 6.99. The van der Waals surface area contributed by atoms with Gasteiger partial charge in [0.05, 0.1) is 12.1 Å². The fraction of sp³-hybridized carbons (Fsp3) is 0.550. The first-order valence-electron chi connectivity index (χ1n) is 9.33. The van der Waals surface area contributed by atoms with Crippen molar-refractivity contribution in [1.29, 1.82) is 0 Å². The number of halogens is 3. The van der Waals surface area contributed by atoms with Crippen LogP contribution in [-0.4, -0.2) is 49.6 Å². The molecule has 0 radical (unpaired) electrons. The second kappa shape index (κ2) is 8.66. The Morgan fingerprint density at radius 1 is 1.22 bits per heavy atom. The highest BCUT2D eigenvalue weighted by molar-refractivity contribution is 5.80. The van der Waals surface area contributed by atoms with Crippen LogP contribution in [0.25, 0.3) is 0 Å². The number of likely N-dealkylation sites (tertiary alicyclic amines) is 1. The summed E-state index contributed by atoms with van der Waals surface area (Å²) in [5, 5.41) is 6.52. The van der Waals surface area contributed by atoms with Gasteiger partial charge in [0.15, 0.2) is 5.96 Å². The summed E-state index contributed by atoms with van der Waals surface area (Å²) in [4.78, 5) is 6.77. The Kier molecular flexibility index (Phi) is 6.27. The van der Waals surface area contributed by atoms with Gasteiger partial charge in [-0.1, -0.05) is 17.9 Å². The van der Waals surface area contributed by atoms with E-state index in [1.807, 2.05) is 0 Å². The topological polar surface area (TPSA) is 39.7 Å². The zero-order valence-electron chi connectivity index (χ0n) is 15.4. The Morgan fingerprint density at radius 2 is 1.96 bits per heavy atom. The van der Waals surface area contributed by atoms with Crippen LogP contribution in [0.1, 0.15) is 36.8 Å². The van der Waals surface area contributed by atoms with Gasteiger partial charge in [0.25, 0.3) is 0 Å². The lowest BCUT2D eigenvalue weighted by Crippen LogP contribution is -2.49. The minimum Gasteiger partial charge on any atom is -0.354 e. The summed E-state index contributed by atoms with van der Waals surface area (Å²) in [5.41, 5.74) is -0.334. The molecule has 0 bridgehead atoms. The van der Waals surface area contributed by atoms with Crippen molar-refractivity contribution in [2.24, 2.45) is 4.99 Å². The third kappa shape index (κ3) is 5.90. The first-order valence-corrected chi connectivity index (χ1v) is 9.33. The Morgan fingerprint density at radius 3 is 2.59 bits per heavy atom. The van der Waals surface area contributed by atoms with Crippen LogP contribution in [0, 0.1) is 11.8 Å². The largest absolute Gasteiger partial charge is 0.416 e. The molecule has 27 heavy (non-hydrogen) atoms. The zero-order chi connectivity index (χ0) is 19.3. The third-order valence-electron chi connectivity index (χ3n) is 4.92. The van der Waals surface area contributed by atoms with E-state index in [1.54, 1.807) is 13.1 Å². The molecule has 3 rings (SSSR count). The molecule has 1 saturated heterocycles. The number of nitrogens with zero attached hydrogens (tertiary/aromatic N) is 2. The maximum absolute atomic E-state index is 12.7. The number of piperidine rings is 1. The van der Waals surface area contributed by atoms with Crippen LogP contribution in [-0.2, 0) is 6.18 Å². The van der Waals surface area contributed by atoms with Gasteiger partial charge in [0, 0.05) is 37.8 Å². The Balaban J connectivity index is 1.45. The molecule has 1 aromatic carbocycles. The summed E-state index contributed by atoms with van der Waals surface area (Å²) in [5.74, 6) is 6.30. The van der Waals surface area contributed by atoms with E-state index in [0.717, 1.165) is 44.1 Å². The molecule has 4 nitrogen and oxygen atoms in total. The molecule has 0 atom stereocenters. The van der Waals surface area contributed by atoms with Crippen LogP contribution in [0.4, 0.5) is 13.2 Å². The maximum atomic E-state index is 12.7. The highest BCUT2D eigenvalue weighted by Gasteiger charge is 2.32. The number of hydrogen-bond donors (Lipinski definition) is 2. The number of alkyl halides is 3. The maximum Gasteiger partial charge on any atom is 0.416 e. The van der Waals surface area contributed by atoms with Crippen LogP contribution < -0.4 is 10.6 Å². The van der Waals surface area contributed by atoms with Crippen LogP contribution in [0.3, 0.4) is 0 Å². The van der Waals surface area contributed by atoms with Gasteiger partial charge in [-0.3, -0.25) is 4.99 Å². The average Bonchev–Trinajstić information content (AvgIpc) is 3.49. The van der Waals surface area contributed by atoms with Gasteiger partial charge in [-0.15, -0.1) is 0 Å². The number of rotatable bonds is 3. The lowest BCUT2D eigenvalue weighted by atomic mass is 10.1. The first-order chi connectivity index (χ1) is 13.0. The van der Waals surface area contributed by atoms with E-state index in [4.69, 9.17) is 0 Å². The Labute approximate surface area is 158 Å². The molecule has 2 aliphatic rings. The smallest absolute Gasteiger partial charge is 0.354 e. The number of hydrogen-bond acceptors (Lipinski definition) is 2. The van der Waals surface area contributed by atoms with E-state index in [0.29, 0.717) is 24.1 Å². The molecule has 0 aromatic heterocycles. The van der Waals surface area contributed by atoms with E-state index in [2.05, 4.69) is 32.4 Å². The fourth-order valence-electron chi connectivity index (χ4n) is 3.28. The summed E-state index contributed by atoms with van der Waals surface area (Å²) in [6.45, 7) is 2.56. The monoisotopic (exact) mass is 378 g/mol. The van der Waals surface area contributed by atoms with Crippen LogP contribution in [0.2, 0.25) is 0 Å². The van der Waals surface area contributed by atoms with Crippen molar-refractivity contribution in [1.82, 2.24) is 15.5 Å². The SMILES string of the molecule is CN=C(NCC#Cc1cccc(C(F)(F)F)c1)NC1CCN(C2CC2)CC1. The minimum atomic E-state index is -4.35. The zero-order valence-corrected chi connectivity index (χ0v) is 15.4. The highest BCUT2D eigenvalue weighted by atomic mass is 19.4. The molecule has 1 aromatic rings. The molecule has 1 aliphatic carbocycles. The summed E-state index contributed by atoms with van der Waals surface area (Å²) in [6.07, 6.45) is 0.509. The van der Waals surface area contributed by atoms with Crippen LogP contribution in [0.5, 0.6) is 0 Å². The molecule has 2 N–H and O–H groups in total. The minimum absolute atomic E-state index is 0.316. The van der Waals surface area contributed by atoms with Crippen LogP contribution in [0.15, 0.2) is 29.3 Å². The van der Waals surface area contributed by atoms with E-state index in [1.165, 1.54) is 18.9 Å². The van der Waals surface area contributed by atoms with Gasteiger partial charge >= 0.3 is 6.18 Å². The van der Waals surface area contributed by atoms with Crippen molar-refractivity contribution in [2.75, 3.05) is 26.7 Å². The molecule has 1 aliphatic heterocycles. The lowest BCUT2D eigenvalue weighted by molar-refractivity contribution is -0.137. The Bertz CT molecular complexity index is 721. The van der Waals surface area contributed by atoms with Gasteiger partial charge in [-0.05, 0) is 43.9 Å². The van der Waals surface area contributed by atoms with Gasteiger partial charge in [-0.25, -0.2) is 0 Å². The number of guanidine groups is 1. The Hall–Kier alpha value is -2.20. The lowest BCUT2D eigenvalue weighted by Gasteiger charge is -2.33. The summed E-state index contributed by atoms with van der Waals surface area (Å²) >= 11 is 0. The molecule has 1 saturated carbocycles. The van der Waals surface area contributed by atoms with E-state index < -0.39 is 11.7 Å².